The largest absolute Gasteiger partial charge is 0.302 e. The van der Waals surface area contributed by atoms with E-state index in [0.29, 0.717) is 0 Å². The van der Waals surface area contributed by atoms with Crippen LogP contribution in [0.2, 0.25) is 0 Å². The van der Waals surface area contributed by atoms with Gasteiger partial charge in [0.2, 0.25) is 0 Å². The smallest absolute Gasteiger partial charge is 0.0160 e. The predicted molar refractivity (Wildman–Crippen MR) is 54.0 cm³/mol. The fraction of sp³-hybridized carbons (Fsp3) is 0.800. The second kappa shape index (κ2) is 12.4. The van der Waals surface area contributed by atoms with Gasteiger partial charge in [0.15, 0.2) is 0 Å². The third-order valence-corrected chi connectivity index (χ3v) is 1.26. The van der Waals surface area contributed by atoms with Crippen molar-refractivity contribution in [1.29, 1.82) is 0 Å². The molecule has 1 heterocycles. The molecule has 0 saturated carbocycles. The van der Waals surface area contributed by atoms with Gasteiger partial charge in [-0.25, -0.2) is 0 Å². The maximum atomic E-state index is 2.31. The second-order valence-electron chi connectivity index (χ2n) is 2.02. The first kappa shape index (κ1) is 13.3. The molecular formula is C10H23N. The van der Waals surface area contributed by atoms with Crippen molar-refractivity contribution in [2.45, 2.75) is 34.1 Å². The van der Waals surface area contributed by atoms with Gasteiger partial charge in [-0.15, -0.1) is 0 Å². The first-order chi connectivity index (χ1) is 5.39. The van der Waals surface area contributed by atoms with Crippen molar-refractivity contribution in [1.82, 2.24) is 4.90 Å². The Morgan fingerprint density at radius 1 is 1.00 bits per heavy atom. The molecule has 1 nitrogen and oxygen atoms in total. The first-order valence-electron chi connectivity index (χ1n) is 4.73. The molecule has 0 aliphatic carbocycles. The molecule has 11 heavy (non-hydrogen) atoms. The molecule has 1 aliphatic heterocycles. The summed E-state index contributed by atoms with van der Waals surface area (Å²) >= 11 is 0. The summed E-state index contributed by atoms with van der Waals surface area (Å²) in [4.78, 5) is 2.31. The summed E-state index contributed by atoms with van der Waals surface area (Å²) in [5, 5.41) is 0. The Balaban J connectivity index is 0. The zero-order valence-electron chi connectivity index (χ0n) is 8.72. The van der Waals surface area contributed by atoms with Crippen LogP contribution in [0.3, 0.4) is 0 Å². The van der Waals surface area contributed by atoms with Gasteiger partial charge >= 0.3 is 0 Å². The molecule has 0 atom stereocenters. The van der Waals surface area contributed by atoms with E-state index < -0.39 is 0 Å². The molecule has 0 spiro atoms. The van der Waals surface area contributed by atoms with Crippen molar-refractivity contribution >= 4 is 0 Å². The Hall–Kier alpha value is -0.300. The Bertz CT molecular complexity index is 76.9. The molecule has 0 aromatic carbocycles. The van der Waals surface area contributed by atoms with Crippen molar-refractivity contribution in [3.8, 4) is 0 Å². The van der Waals surface area contributed by atoms with Gasteiger partial charge in [-0.05, 0) is 13.5 Å². The van der Waals surface area contributed by atoms with Gasteiger partial charge in [0.25, 0.3) is 0 Å². The Morgan fingerprint density at radius 3 is 1.73 bits per heavy atom. The van der Waals surface area contributed by atoms with Gasteiger partial charge in [-0.1, -0.05) is 39.8 Å². The molecule has 0 amide bonds. The highest BCUT2D eigenvalue weighted by Crippen LogP contribution is 1.95. The summed E-state index contributed by atoms with van der Waals surface area (Å²) in [7, 11) is 2.14. The minimum absolute atomic E-state index is 1.14. The summed E-state index contributed by atoms with van der Waals surface area (Å²) in [6.07, 6.45) is 5.68. The van der Waals surface area contributed by atoms with E-state index in [9.17, 15) is 0 Å². The van der Waals surface area contributed by atoms with Crippen LogP contribution in [0.15, 0.2) is 12.2 Å². The maximum Gasteiger partial charge on any atom is 0.0160 e. The summed E-state index contributed by atoms with van der Waals surface area (Å²) < 4.78 is 0. The molecule has 0 aromatic heterocycles. The monoisotopic (exact) mass is 157 g/mol. The highest BCUT2D eigenvalue weighted by Gasteiger charge is 1.95. The lowest BCUT2D eigenvalue weighted by Gasteiger charge is -2.15. The van der Waals surface area contributed by atoms with Crippen molar-refractivity contribution in [2.75, 3.05) is 20.1 Å². The van der Waals surface area contributed by atoms with Crippen LogP contribution < -0.4 is 0 Å². The Labute approximate surface area is 72.1 Å². The van der Waals surface area contributed by atoms with E-state index in [4.69, 9.17) is 0 Å². The maximum absolute atomic E-state index is 2.31. The van der Waals surface area contributed by atoms with Crippen LogP contribution in [0.1, 0.15) is 34.1 Å². The summed E-state index contributed by atoms with van der Waals surface area (Å²) in [6, 6.07) is 0. The summed E-state index contributed by atoms with van der Waals surface area (Å²) in [5.41, 5.74) is 0. The van der Waals surface area contributed by atoms with Gasteiger partial charge in [0, 0.05) is 13.1 Å². The van der Waals surface area contributed by atoms with E-state index in [0.717, 1.165) is 6.54 Å². The van der Waals surface area contributed by atoms with Crippen molar-refractivity contribution in [3.63, 3.8) is 0 Å². The van der Waals surface area contributed by atoms with Crippen LogP contribution in [0.4, 0.5) is 0 Å². The van der Waals surface area contributed by atoms with Gasteiger partial charge < -0.3 is 4.90 Å². The third-order valence-electron chi connectivity index (χ3n) is 1.26. The zero-order valence-corrected chi connectivity index (χ0v) is 8.72. The molecule has 0 radical (unpaired) electrons. The zero-order chi connectivity index (χ0) is 9.11. The standard InChI is InChI=1S/C6H11N.2C2H6/c1-7-5-3-2-4-6-7;2*1-2/h2-3H,4-6H2,1H3;2*1-2H3. The molecule has 1 aliphatic rings. The number of hydrogen-bond acceptors (Lipinski definition) is 1. The van der Waals surface area contributed by atoms with Crippen LogP contribution in [0, 0.1) is 0 Å². The van der Waals surface area contributed by atoms with E-state index >= 15 is 0 Å². The molecule has 1 heteroatoms. The fourth-order valence-corrected chi connectivity index (χ4v) is 0.759. The highest BCUT2D eigenvalue weighted by molar-refractivity contribution is 4.89. The predicted octanol–water partition coefficient (Wildman–Crippen LogP) is 2.93. The van der Waals surface area contributed by atoms with E-state index in [2.05, 4.69) is 24.1 Å². The molecular weight excluding hydrogens is 134 g/mol. The average Bonchev–Trinajstić information content (AvgIpc) is 2.13. The molecule has 0 fully saturated rings. The lowest BCUT2D eigenvalue weighted by Crippen LogP contribution is -2.21. The average molecular weight is 157 g/mol. The lowest BCUT2D eigenvalue weighted by atomic mass is 10.3. The van der Waals surface area contributed by atoms with E-state index in [1.54, 1.807) is 0 Å². The van der Waals surface area contributed by atoms with E-state index in [1.807, 2.05) is 27.7 Å². The molecule has 68 valence electrons. The number of likely N-dealkylation sites (N-methyl/N-ethyl adjacent to an activating group) is 1. The van der Waals surface area contributed by atoms with Crippen LogP contribution in [0.5, 0.6) is 0 Å². The van der Waals surface area contributed by atoms with Crippen LogP contribution >= 0.6 is 0 Å². The Morgan fingerprint density at radius 2 is 1.55 bits per heavy atom. The van der Waals surface area contributed by atoms with Crippen LogP contribution in [-0.2, 0) is 0 Å². The van der Waals surface area contributed by atoms with Crippen LogP contribution in [-0.4, -0.2) is 25.0 Å². The first-order valence-corrected chi connectivity index (χ1v) is 4.73. The van der Waals surface area contributed by atoms with E-state index in [-0.39, 0.29) is 0 Å². The molecule has 0 unspecified atom stereocenters. The second-order valence-corrected chi connectivity index (χ2v) is 2.02. The minimum Gasteiger partial charge on any atom is -0.302 e. The molecule has 0 saturated heterocycles. The van der Waals surface area contributed by atoms with Gasteiger partial charge in [-0.2, -0.15) is 0 Å². The van der Waals surface area contributed by atoms with Crippen molar-refractivity contribution in [2.24, 2.45) is 0 Å². The quantitative estimate of drug-likeness (QED) is 0.489. The summed E-state index contributed by atoms with van der Waals surface area (Å²) in [5.74, 6) is 0. The fourth-order valence-electron chi connectivity index (χ4n) is 0.759. The number of hydrogen-bond donors (Lipinski definition) is 0. The Kier molecular flexibility index (Phi) is 15.0. The molecule has 0 bridgehead atoms. The number of nitrogens with zero attached hydrogens (tertiary/aromatic N) is 1. The number of rotatable bonds is 0. The molecule has 0 aromatic rings. The van der Waals surface area contributed by atoms with Crippen molar-refractivity contribution < 1.29 is 0 Å². The topological polar surface area (TPSA) is 3.24 Å². The molecule has 1 rings (SSSR count). The van der Waals surface area contributed by atoms with Crippen molar-refractivity contribution in [3.05, 3.63) is 12.2 Å². The van der Waals surface area contributed by atoms with Gasteiger partial charge in [0.05, 0.1) is 0 Å². The lowest BCUT2D eigenvalue weighted by molar-refractivity contribution is 0.366. The summed E-state index contributed by atoms with van der Waals surface area (Å²) in [6.45, 7) is 10.4. The van der Waals surface area contributed by atoms with E-state index in [1.165, 1.54) is 13.0 Å². The SMILES string of the molecule is CC.CC.CN1CC=CCC1. The van der Waals surface area contributed by atoms with Gasteiger partial charge in [0.1, 0.15) is 0 Å². The normalized spacial score (nSPS) is 15.7. The van der Waals surface area contributed by atoms with Gasteiger partial charge in [-0.3, -0.25) is 0 Å². The third kappa shape index (κ3) is 9.70. The van der Waals surface area contributed by atoms with Crippen LogP contribution in [0.25, 0.3) is 0 Å². The highest BCUT2D eigenvalue weighted by atomic mass is 15.1. The molecule has 0 N–H and O–H groups in total. The minimum atomic E-state index is 1.14.